The fourth-order valence-electron chi connectivity index (χ4n) is 2.75. The molecule has 0 aromatic carbocycles. The van der Waals surface area contributed by atoms with E-state index >= 15 is 0 Å². The van der Waals surface area contributed by atoms with Crippen LogP contribution in [0.5, 0.6) is 0 Å². The number of hydrogen-bond acceptors (Lipinski definition) is 6. The van der Waals surface area contributed by atoms with Gasteiger partial charge in [-0.2, -0.15) is 0 Å². The number of aliphatic hydroxyl groups is 2. The van der Waals surface area contributed by atoms with Gasteiger partial charge >= 0.3 is 0 Å². The van der Waals surface area contributed by atoms with Crippen LogP contribution >= 0.6 is 0 Å². The van der Waals surface area contributed by atoms with Gasteiger partial charge in [0.1, 0.15) is 6.10 Å². The largest absolute Gasteiger partial charge is 0.394 e. The lowest BCUT2D eigenvalue weighted by atomic mass is 9.86. The van der Waals surface area contributed by atoms with Crippen LogP contribution in [0, 0.1) is 0 Å². The van der Waals surface area contributed by atoms with E-state index in [1.54, 1.807) is 0 Å². The lowest BCUT2D eigenvalue weighted by molar-refractivity contribution is -0.199. The number of nitrogens with one attached hydrogen (secondary N) is 1. The van der Waals surface area contributed by atoms with E-state index in [4.69, 9.17) is 20.3 Å². The van der Waals surface area contributed by atoms with Gasteiger partial charge in [0.2, 0.25) is 6.41 Å². The molecule has 2 rings (SSSR count). The summed E-state index contributed by atoms with van der Waals surface area (Å²) in [4.78, 5) is 10.5. The molecule has 7 nitrogen and oxygen atoms in total. The highest BCUT2D eigenvalue weighted by atomic mass is 16.7. The SMILES string of the molecule is NC1CC(NC=O)[C@H](O)C(OC2CCC(CO)O2)C1. The fourth-order valence-corrected chi connectivity index (χ4v) is 2.75. The third-order valence-corrected chi connectivity index (χ3v) is 3.77. The first kappa shape index (κ1) is 14.7. The number of nitrogens with two attached hydrogens (primary N) is 1. The molecule has 0 aromatic heterocycles. The van der Waals surface area contributed by atoms with E-state index in [9.17, 15) is 9.90 Å². The highest BCUT2D eigenvalue weighted by Gasteiger charge is 2.38. The van der Waals surface area contributed by atoms with Crippen molar-refractivity contribution in [3.8, 4) is 0 Å². The third-order valence-electron chi connectivity index (χ3n) is 3.77. The first-order chi connectivity index (χ1) is 9.13. The lowest BCUT2D eigenvalue weighted by Gasteiger charge is -2.38. The van der Waals surface area contributed by atoms with Crippen LogP contribution in [0.4, 0.5) is 0 Å². The Morgan fingerprint density at radius 3 is 2.84 bits per heavy atom. The summed E-state index contributed by atoms with van der Waals surface area (Å²) >= 11 is 0. The van der Waals surface area contributed by atoms with Crippen LogP contribution in [-0.4, -0.2) is 59.9 Å². The van der Waals surface area contributed by atoms with Crippen LogP contribution in [0.2, 0.25) is 0 Å². The molecule has 2 aliphatic rings. The van der Waals surface area contributed by atoms with Crippen LogP contribution < -0.4 is 11.1 Å². The van der Waals surface area contributed by atoms with Crippen molar-refractivity contribution in [1.82, 2.24) is 5.32 Å². The molecule has 0 radical (unpaired) electrons. The Kier molecular flexibility index (Phi) is 5.12. The predicted molar refractivity (Wildman–Crippen MR) is 66.1 cm³/mol. The number of amides is 1. The molecule has 7 heteroatoms. The standard InChI is InChI=1S/C12H22N2O5/c13-7-3-9(14-6-16)12(17)10(4-7)19-11-2-1-8(5-15)18-11/h6-12,15,17H,1-5,13H2,(H,14,16)/t7?,8?,9?,10?,11?,12-/m0/s1. The summed E-state index contributed by atoms with van der Waals surface area (Å²) in [7, 11) is 0. The zero-order chi connectivity index (χ0) is 13.8. The molecule has 0 aromatic rings. The monoisotopic (exact) mass is 274 g/mol. The molecular weight excluding hydrogens is 252 g/mol. The number of ether oxygens (including phenoxy) is 2. The van der Waals surface area contributed by atoms with Gasteiger partial charge in [0.25, 0.3) is 0 Å². The van der Waals surface area contributed by atoms with Crippen molar-refractivity contribution in [2.24, 2.45) is 5.73 Å². The Morgan fingerprint density at radius 2 is 2.21 bits per heavy atom. The summed E-state index contributed by atoms with van der Waals surface area (Å²) in [6.07, 6.45) is 1.21. The van der Waals surface area contributed by atoms with E-state index in [0.29, 0.717) is 25.7 Å². The quantitative estimate of drug-likeness (QED) is 0.452. The van der Waals surface area contributed by atoms with Crippen LogP contribution in [-0.2, 0) is 14.3 Å². The molecule has 1 aliphatic heterocycles. The Hall–Kier alpha value is -0.730. The molecule has 0 spiro atoms. The summed E-state index contributed by atoms with van der Waals surface area (Å²) in [5.74, 6) is 0. The van der Waals surface area contributed by atoms with Crippen molar-refractivity contribution < 1.29 is 24.5 Å². The van der Waals surface area contributed by atoms with E-state index in [2.05, 4.69) is 5.32 Å². The number of carbonyl (C=O) groups is 1. The van der Waals surface area contributed by atoms with Gasteiger partial charge in [-0.1, -0.05) is 0 Å². The molecular formula is C12H22N2O5. The number of carbonyl (C=O) groups excluding carboxylic acids is 1. The van der Waals surface area contributed by atoms with E-state index in [0.717, 1.165) is 6.42 Å². The average molecular weight is 274 g/mol. The molecule has 6 atom stereocenters. The highest BCUT2D eigenvalue weighted by Crippen LogP contribution is 2.27. The van der Waals surface area contributed by atoms with E-state index in [1.807, 2.05) is 0 Å². The van der Waals surface area contributed by atoms with E-state index in [1.165, 1.54) is 0 Å². The summed E-state index contributed by atoms with van der Waals surface area (Å²) in [6.45, 7) is -0.0259. The zero-order valence-corrected chi connectivity index (χ0v) is 10.8. The van der Waals surface area contributed by atoms with Gasteiger partial charge in [-0.3, -0.25) is 4.79 Å². The molecule has 5 N–H and O–H groups in total. The normalized spacial score (nSPS) is 43.1. The van der Waals surface area contributed by atoms with Gasteiger partial charge < -0.3 is 30.7 Å². The molecule has 2 fully saturated rings. The highest BCUT2D eigenvalue weighted by molar-refractivity contribution is 5.47. The topological polar surface area (TPSA) is 114 Å². The molecule has 1 aliphatic carbocycles. The van der Waals surface area contributed by atoms with Crippen molar-refractivity contribution in [3.63, 3.8) is 0 Å². The number of hydrogen-bond donors (Lipinski definition) is 4. The van der Waals surface area contributed by atoms with Crippen LogP contribution in [0.15, 0.2) is 0 Å². The smallest absolute Gasteiger partial charge is 0.207 e. The van der Waals surface area contributed by atoms with Crippen LogP contribution in [0.25, 0.3) is 0 Å². The lowest BCUT2D eigenvalue weighted by Crippen LogP contribution is -2.56. The fraction of sp³-hybridized carbons (Fsp3) is 0.917. The summed E-state index contributed by atoms with van der Waals surface area (Å²) in [5, 5.41) is 21.7. The second-order valence-corrected chi connectivity index (χ2v) is 5.24. The maximum atomic E-state index is 10.5. The van der Waals surface area contributed by atoms with E-state index < -0.39 is 18.5 Å². The maximum absolute atomic E-state index is 10.5. The Balaban J connectivity index is 1.89. The number of aliphatic hydroxyl groups excluding tert-OH is 2. The third kappa shape index (κ3) is 3.64. The molecule has 1 amide bonds. The van der Waals surface area contributed by atoms with E-state index in [-0.39, 0.29) is 24.8 Å². The average Bonchev–Trinajstić information content (AvgIpc) is 2.83. The van der Waals surface area contributed by atoms with Crippen molar-refractivity contribution >= 4 is 6.41 Å². The molecule has 5 unspecified atom stereocenters. The Morgan fingerprint density at radius 1 is 1.42 bits per heavy atom. The van der Waals surface area contributed by atoms with Crippen molar-refractivity contribution in [1.29, 1.82) is 0 Å². The Labute approximate surface area is 112 Å². The van der Waals surface area contributed by atoms with Gasteiger partial charge in [0.15, 0.2) is 6.29 Å². The first-order valence-corrected chi connectivity index (χ1v) is 6.69. The second-order valence-electron chi connectivity index (χ2n) is 5.24. The second kappa shape index (κ2) is 6.62. The van der Waals surface area contributed by atoms with Crippen LogP contribution in [0.1, 0.15) is 25.7 Å². The minimum atomic E-state index is -0.790. The summed E-state index contributed by atoms with van der Waals surface area (Å²) in [5.41, 5.74) is 5.91. The van der Waals surface area contributed by atoms with Crippen molar-refractivity contribution in [3.05, 3.63) is 0 Å². The van der Waals surface area contributed by atoms with Gasteiger partial charge in [0, 0.05) is 12.5 Å². The molecule has 1 saturated heterocycles. The van der Waals surface area contributed by atoms with Crippen LogP contribution in [0.3, 0.4) is 0 Å². The molecule has 0 bridgehead atoms. The van der Waals surface area contributed by atoms with Gasteiger partial charge in [-0.05, 0) is 19.3 Å². The number of rotatable bonds is 5. The predicted octanol–water partition coefficient (Wildman–Crippen LogP) is -1.53. The van der Waals surface area contributed by atoms with Gasteiger partial charge in [-0.15, -0.1) is 0 Å². The van der Waals surface area contributed by atoms with Crippen molar-refractivity contribution in [2.75, 3.05) is 6.61 Å². The van der Waals surface area contributed by atoms with Gasteiger partial charge in [-0.25, -0.2) is 0 Å². The minimum absolute atomic E-state index is 0.0259. The Bertz CT molecular complexity index is 304. The minimum Gasteiger partial charge on any atom is -0.394 e. The summed E-state index contributed by atoms with van der Waals surface area (Å²) in [6, 6.07) is -0.512. The summed E-state index contributed by atoms with van der Waals surface area (Å²) < 4.78 is 11.2. The van der Waals surface area contributed by atoms with Crippen molar-refractivity contribution in [2.45, 2.75) is 62.4 Å². The molecule has 1 saturated carbocycles. The maximum Gasteiger partial charge on any atom is 0.207 e. The molecule has 110 valence electrons. The first-order valence-electron chi connectivity index (χ1n) is 6.69. The van der Waals surface area contributed by atoms with Gasteiger partial charge in [0.05, 0.1) is 24.9 Å². The molecule has 1 heterocycles. The zero-order valence-electron chi connectivity index (χ0n) is 10.8. The molecule has 19 heavy (non-hydrogen) atoms.